The molecule has 0 aliphatic heterocycles. The fraction of sp³-hybridized carbons (Fsp3) is 0.286. The van der Waals surface area contributed by atoms with E-state index in [1.807, 2.05) is 62.4 Å². The summed E-state index contributed by atoms with van der Waals surface area (Å²) in [5.41, 5.74) is 4.00. The average Bonchev–Trinajstić information content (AvgIpc) is 3.32. The number of fused-ring (bicyclic) bond motifs is 1. The van der Waals surface area contributed by atoms with Crippen LogP contribution in [-0.2, 0) is 22.7 Å². The zero-order valence-corrected chi connectivity index (χ0v) is 21.5. The molecule has 4 rings (SSSR count). The maximum absolute atomic E-state index is 13.7. The van der Waals surface area contributed by atoms with Gasteiger partial charge in [0.15, 0.2) is 0 Å². The molecule has 37 heavy (non-hydrogen) atoms. The Bertz CT molecular complexity index is 1380. The summed E-state index contributed by atoms with van der Waals surface area (Å²) in [7, 11) is 3.09. The number of hydrogen-bond donors (Lipinski definition) is 1. The molecule has 0 spiro atoms. The number of hydrogen-bond acceptors (Lipinski definition) is 6. The van der Waals surface area contributed by atoms with Gasteiger partial charge in [0.25, 0.3) is 0 Å². The number of anilines is 1. The molecular weight excluding hydrogens is 470 g/mol. The topological polar surface area (TPSA) is 98.6 Å². The third kappa shape index (κ3) is 5.88. The monoisotopic (exact) mass is 501 g/mol. The molecule has 1 N–H and O–H groups in total. The number of nitrogens with zero attached hydrogens (tertiary/aromatic N) is 4. The van der Waals surface area contributed by atoms with Crippen LogP contribution in [0.2, 0.25) is 0 Å². The first-order valence-corrected chi connectivity index (χ1v) is 12.1. The number of ether oxygens (including phenoxy) is 2. The van der Waals surface area contributed by atoms with Crippen molar-refractivity contribution in [2.75, 3.05) is 19.5 Å². The van der Waals surface area contributed by atoms with E-state index in [4.69, 9.17) is 9.47 Å². The second-order valence-electron chi connectivity index (χ2n) is 8.72. The van der Waals surface area contributed by atoms with Gasteiger partial charge >= 0.3 is 0 Å². The van der Waals surface area contributed by atoms with Gasteiger partial charge in [-0.3, -0.25) is 9.59 Å². The minimum Gasteiger partial charge on any atom is -0.497 e. The summed E-state index contributed by atoms with van der Waals surface area (Å²) in [6.07, 6.45) is 0.417. The van der Waals surface area contributed by atoms with Crippen molar-refractivity contribution in [1.29, 1.82) is 0 Å². The van der Waals surface area contributed by atoms with Gasteiger partial charge in [-0.2, -0.15) is 0 Å². The van der Waals surface area contributed by atoms with E-state index in [1.165, 1.54) is 7.11 Å². The van der Waals surface area contributed by atoms with E-state index >= 15 is 0 Å². The number of aryl methyl sites for hydroxylation is 1. The SMILES string of the molecule is CCC(C(=O)Nc1ccc(OC)cc1OC)N(Cc1ccc(C)cc1)C(=O)Cn1nnc2ccccc21. The molecule has 1 aromatic heterocycles. The summed E-state index contributed by atoms with van der Waals surface area (Å²) >= 11 is 0. The van der Waals surface area contributed by atoms with Gasteiger partial charge in [-0.1, -0.05) is 54.1 Å². The number of carbonyl (C=O) groups excluding carboxylic acids is 2. The lowest BCUT2D eigenvalue weighted by Crippen LogP contribution is -2.47. The Morgan fingerprint density at radius 3 is 2.49 bits per heavy atom. The lowest BCUT2D eigenvalue weighted by Gasteiger charge is -2.31. The Hall–Kier alpha value is -4.40. The van der Waals surface area contributed by atoms with Crippen molar-refractivity contribution in [3.05, 3.63) is 77.9 Å². The maximum Gasteiger partial charge on any atom is 0.247 e. The largest absolute Gasteiger partial charge is 0.497 e. The molecule has 9 heteroatoms. The van der Waals surface area contributed by atoms with Gasteiger partial charge in [0.05, 0.1) is 25.4 Å². The highest BCUT2D eigenvalue weighted by atomic mass is 16.5. The Kier molecular flexibility index (Phi) is 8.02. The van der Waals surface area contributed by atoms with Crippen LogP contribution in [0.1, 0.15) is 24.5 Å². The molecule has 0 saturated heterocycles. The second-order valence-corrected chi connectivity index (χ2v) is 8.72. The highest BCUT2D eigenvalue weighted by molar-refractivity contribution is 5.98. The molecule has 9 nitrogen and oxygen atoms in total. The highest BCUT2D eigenvalue weighted by Crippen LogP contribution is 2.29. The number of benzene rings is 3. The quantitative estimate of drug-likeness (QED) is 0.350. The van der Waals surface area contributed by atoms with Crippen LogP contribution < -0.4 is 14.8 Å². The number of aromatic nitrogens is 3. The van der Waals surface area contributed by atoms with E-state index in [1.54, 1.807) is 34.9 Å². The molecule has 0 bridgehead atoms. The molecule has 2 amide bonds. The molecule has 0 fully saturated rings. The fourth-order valence-corrected chi connectivity index (χ4v) is 4.18. The molecule has 1 unspecified atom stereocenters. The summed E-state index contributed by atoms with van der Waals surface area (Å²) < 4.78 is 12.3. The zero-order chi connectivity index (χ0) is 26.4. The Morgan fingerprint density at radius 2 is 1.78 bits per heavy atom. The van der Waals surface area contributed by atoms with Crippen molar-refractivity contribution in [2.45, 2.75) is 39.4 Å². The third-order valence-corrected chi connectivity index (χ3v) is 6.23. The van der Waals surface area contributed by atoms with Gasteiger partial charge in [-0.25, -0.2) is 4.68 Å². The number of nitrogens with one attached hydrogen (secondary N) is 1. The van der Waals surface area contributed by atoms with E-state index in [0.717, 1.165) is 16.6 Å². The average molecular weight is 502 g/mol. The summed E-state index contributed by atoms with van der Waals surface area (Å²) in [5.74, 6) is 0.529. The number of rotatable bonds is 10. The summed E-state index contributed by atoms with van der Waals surface area (Å²) in [6.45, 7) is 4.13. The molecule has 0 aliphatic rings. The van der Waals surface area contributed by atoms with Crippen molar-refractivity contribution in [2.24, 2.45) is 0 Å². The van der Waals surface area contributed by atoms with Crippen molar-refractivity contribution in [3.8, 4) is 11.5 Å². The maximum atomic E-state index is 13.7. The Labute approximate surface area is 216 Å². The predicted octanol–water partition coefficient (Wildman–Crippen LogP) is 4.20. The molecule has 3 aromatic carbocycles. The van der Waals surface area contributed by atoms with Crippen LogP contribution in [0.25, 0.3) is 11.0 Å². The van der Waals surface area contributed by atoms with E-state index in [-0.39, 0.29) is 24.9 Å². The number of amides is 2. The Morgan fingerprint density at radius 1 is 1.03 bits per heavy atom. The van der Waals surface area contributed by atoms with Gasteiger partial charge in [-0.15, -0.1) is 5.10 Å². The van der Waals surface area contributed by atoms with Crippen LogP contribution in [0, 0.1) is 6.92 Å². The molecular formula is C28H31N5O4. The zero-order valence-electron chi connectivity index (χ0n) is 21.5. The van der Waals surface area contributed by atoms with E-state index in [9.17, 15) is 9.59 Å². The molecule has 0 aliphatic carbocycles. The van der Waals surface area contributed by atoms with Crippen LogP contribution >= 0.6 is 0 Å². The lowest BCUT2D eigenvalue weighted by atomic mass is 10.1. The minimum atomic E-state index is -0.726. The van der Waals surface area contributed by atoms with Crippen LogP contribution in [0.3, 0.4) is 0 Å². The second kappa shape index (κ2) is 11.6. The van der Waals surface area contributed by atoms with Gasteiger partial charge in [0, 0.05) is 12.6 Å². The fourth-order valence-electron chi connectivity index (χ4n) is 4.18. The highest BCUT2D eigenvalue weighted by Gasteiger charge is 2.30. The Balaban J connectivity index is 1.62. The number of para-hydroxylation sites is 1. The summed E-state index contributed by atoms with van der Waals surface area (Å²) in [4.78, 5) is 28.9. The first kappa shape index (κ1) is 25.7. The van der Waals surface area contributed by atoms with Crippen molar-refractivity contribution in [1.82, 2.24) is 19.9 Å². The van der Waals surface area contributed by atoms with Gasteiger partial charge < -0.3 is 19.7 Å². The molecule has 1 heterocycles. The van der Waals surface area contributed by atoms with E-state index in [2.05, 4.69) is 15.6 Å². The van der Waals surface area contributed by atoms with Crippen LogP contribution in [0.5, 0.6) is 11.5 Å². The third-order valence-electron chi connectivity index (χ3n) is 6.23. The van der Waals surface area contributed by atoms with Crippen molar-refractivity contribution in [3.63, 3.8) is 0 Å². The molecule has 192 valence electrons. The minimum absolute atomic E-state index is 0.0397. The van der Waals surface area contributed by atoms with Crippen LogP contribution in [0.15, 0.2) is 66.7 Å². The number of methoxy groups -OCH3 is 2. The van der Waals surface area contributed by atoms with Crippen LogP contribution in [-0.4, -0.2) is 52.0 Å². The predicted molar refractivity (Wildman–Crippen MR) is 142 cm³/mol. The standard InChI is InChI=1S/C28H31N5O4/c1-5-24(28(35)29-23-15-14-21(36-3)16-26(23)37-4)32(17-20-12-10-19(2)11-13-20)27(34)18-33-25-9-7-6-8-22(25)30-31-33/h6-16,24H,5,17-18H2,1-4H3,(H,29,35). The van der Waals surface area contributed by atoms with Crippen molar-refractivity contribution < 1.29 is 19.1 Å². The van der Waals surface area contributed by atoms with E-state index < -0.39 is 6.04 Å². The smallest absolute Gasteiger partial charge is 0.247 e. The van der Waals surface area contributed by atoms with Crippen LogP contribution in [0.4, 0.5) is 5.69 Å². The van der Waals surface area contributed by atoms with Gasteiger partial charge in [0.2, 0.25) is 11.8 Å². The summed E-state index contributed by atoms with van der Waals surface area (Å²) in [5, 5.41) is 11.3. The molecule has 0 radical (unpaired) electrons. The lowest BCUT2D eigenvalue weighted by molar-refractivity contribution is -0.140. The molecule has 4 aromatic rings. The molecule has 0 saturated carbocycles. The van der Waals surface area contributed by atoms with Crippen molar-refractivity contribution >= 4 is 28.5 Å². The normalized spacial score (nSPS) is 11.7. The van der Waals surface area contributed by atoms with Gasteiger partial charge in [0.1, 0.15) is 29.6 Å². The number of carbonyl (C=O) groups is 2. The van der Waals surface area contributed by atoms with E-state index in [0.29, 0.717) is 29.1 Å². The first-order chi connectivity index (χ1) is 17.9. The summed E-state index contributed by atoms with van der Waals surface area (Å²) in [6, 6.07) is 19.8. The van der Waals surface area contributed by atoms with Gasteiger partial charge in [-0.05, 0) is 43.2 Å². The molecule has 1 atom stereocenters. The first-order valence-electron chi connectivity index (χ1n) is 12.1.